The van der Waals surface area contributed by atoms with Crippen molar-refractivity contribution >= 4 is 22.9 Å². The van der Waals surface area contributed by atoms with Crippen molar-refractivity contribution in [1.82, 2.24) is 9.55 Å². The van der Waals surface area contributed by atoms with Gasteiger partial charge in [0.15, 0.2) is 0 Å². The maximum atomic E-state index is 11.5. The van der Waals surface area contributed by atoms with E-state index in [1.54, 1.807) is 18.3 Å². The van der Waals surface area contributed by atoms with Crippen LogP contribution in [0, 0.1) is 6.92 Å². The fourth-order valence-corrected chi connectivity index (χ4v) is 2.98. The zero-order valence-electron chi connectivity index (χ0n) is 10.3. The van der Waals surface area contributed by atoms with E-state index in [0.717, 1.165) is 21.8 Å². The normalized spacial score (nSPS) is 11.1. The molecule has 96 valence electrons. The van der Waals surface area contributed by atoms with Crippen LogP contribution in [0.2, 0.25) is 5.15 Å². The molecule has 0 radical (unpaired) electrons. The van der Waals surface area contributed by atoms with Gasteiger partial charge in [-0.15, -0.1) is 0 Å². The minimum Gasteiger partial charge on any atom is -0.340 e. The highest BCUT2D eigenvalue weighted by atomic mass is 35.5. The summed E-state index contributed by atoms with van der Waals surface area (Å²) in [6, 6.07) is 9.44. The van der Waals surface area contributed by atoms with Crippen molar-refractivity contribution in [1.29, 1.82) is 0 Å². The Morgan fingerprint density at radius 3 is 2.89 bits per heavy atom. The molecule has 3 nitrogen and oxygen atoms in total. The number of aryl methyl sites for hydroxylation is 1. The van der Waals surface area contributed by atoms with Crippen molar-refractivity contribution in [3.63, 3.8) is 0 Å². The van der Waals surface area contributed by atoms with Crippen molar-refractivity contribution in [3.8, 4) is 10.6 Å². The Labute approximate surface area is 119 Å². The molecule has 1 aromatic heterocycles. The predicted octanol–water partition coefficient (Wildman–Crippen LogP) is 3.42. The molecule has 3 heterocycles. The van der Waals surface area contributed by atoms with Crippen molar-refractivity contribution in [2.75, 3.05) is 0 Å². The van der Waals surface area contributed by atoms with Crippen molar-refractivity contribution in [2.24, 2.45) is 0 Å². The van der Waals surface area contributed by atoms with E-state index in [9.17, 15) is 4.79 Å². The minimum absolute atomic E-state index is 0.0866. The first-order chi connectivity index (χ1) is 9.13. The zero-order valence-corrected chi connectivity index (χ0v) is 11.8. The maximum absolute atomic E-state index is 11.5. The van der Waals surface area contributed by atoms with E-state index in [0.29, 0.717) is 11.7 Å². The van der Waals surface area contributed by atoms with E-state index < -0.39 is 0 Å². The molecule has 0 atom stereocenters. The second kappa shape index (κ2) is 4.79. The molecule has 0 bridgehead atoms. The van der Waals surface area contributed by atoms with Gasteiger partial charge in [-0.1, -0.05) is 29.0 Å². The SMILES string of the molecule is Cc1ccc2sc(=O)cc-2n1Cc1ccc(Cl)nc1. The van der Waals surface area contributed by atoms with Crippen LogP contribution in [0.5, 0.6) is 0 Å². The molecule has 0 saturated heterocycles. The number of hydrogen-bond acceptors (Lipinski definition) is 3. The van der Waals surface area contributed by atoms with E-state index in [1.807, 2.05) is 25.1 Å². The fraction of sp³-hybridized carbons (Fsp3) is 0.143. The lowest BCUT2D eigenvalue weighted by atomic mass is 10.2. The number of fused-ring (bicyclic) bond motifs is 1. The molecule has 0 aromatic carbocycles. The zero-order chi connectivity index (χ0) is 13.4. The molecular weight excluding hydrogens is 280 g/mol. The van der Waals surface area contributed by atoms with Crippen LogP contribution in [0.25, 0.3) is 10.6 Å². The summed E-state index contributed by atoms with van der Waals surface area (Å²) in [5.74, 6) is 0. The molecule has 1 aromatic rings. The van der Waals surface area contributed by atoms with Gasteiger partial charge in [0.1, 0.15) is 5.15 Å². The molecule has 19 heavy (non-hydrogen) atoms. The Kier molecular flexibility index (Phi) is 3.12. The van der Waals surface area contributed by atoms with Gasteiger partial charge in [0, 0.05) is 24.5 Å². The average molecular weight is 291 g/mol. The van der Waals surface area contributed by atoms with Crippen molar-refractivity contribution in [3.05, 3.63) is 62.5 Å². The number of hydrogen-bond donors (Lipinski definition) is 0. The van der Waals surface area contributed by atoms with Crippen LogP contribution < -0.4 is 4.74 Å². The molecule has 2 aliphatic heterocycles. The second-order valence-electron chi connectivity index (χ2n) is 4.36. The lowest BCUT2D eigenvalue weighted by molar-refractivity contribution is 0.766. The van der Waals surface area contributed by atoms with Gasteiger partial charge in [-0.3, -0.25) is 4.79 Å². The minimum atomic E-state index is 0.0866. The van der Waals surface area contributed by atoms with Crippen LogP contribution in [-0.4, -0.2) is 9.55 Å². The Hall–Kier alpha value is -1.65. The highest BCUT2D eigenvalue weighted by molar-refractivity contribution is 7.13. The van der Waals surface area contributed by atoms with Crippen LogP contribution in [-0.2, 0) is 6.54 Å². The highest BCUT2D eigenvalue weighted by Gasteiger charge is 2.12. The largest absolute Gasteiger partial charge is 0.340 e. The third-order valence-electron chi connectivity index (χ3n) is 3.04. The number of aromatic nitrogens is 2. The summed E-state index contributed by atoms with van der Waals surface area (Å²) in [4.78, 5) is 16.6. The third kappa shape index (κ3) is 2.41. The van der Waals surface area contributed by atoms with Gasteiger partial charge in [-0.25, -0.2) is 4.98 Å². The Morgan fingerprint density at radius 1 is 1.32 bits per heavy atom. The summed E-state index contributed by atoms with van der Waals surface area (Å²) >= 11 is 7.06. The summed E-state index contributed by atoms with van der Waals surface area (Å²) < 4.78 is 2.21. The Balaban J connectivity index is 2.07. The number of halogens is 1. The van der Waals surface area contributed by atoms with Crippen LogP contribution in [0.3, 0.4) is 0 Å². The first-order valence-electron chi connectivity index (χ1n) is 5.84. The number of rotatable bonds is 2. The number of pyridine rings is 2. The molecule has 5 heteroatoms. The van der Waals surface area contributed by atoms with Gasteiger partial charge < -0.3 is 4.57 Å². The summed E-state index contributed by atoms with van der Waals surface area (Å²) in [6.07, 6.45) is 1.76. The standard InChI is InChI=1S/C14H11ClN2OS/c1-9-2-4-12-11(6-14(18)19-12)17(9)8-10-3-5-13(15)16-7-10/h2-7H,8H2,1H3. The summed E-state index contributed by atoms with van der Waals surface area (Å²) in [5, 5.41) is 0.487. The molecule has 0 N–H and O–H groups in total. The van der Waals surface area contributed by atoms with Gasteiger partial charge >= 0.3 is 0 Å². The maximum Gasteiger partial charge on any atom is 0.235 e. The van der Waals surface area contributed by atoms with Crippen LogP contribution >= 0.6 is 22.9 Å². The summed E-state index contributed by atoms with van der Waals surface area (Å²) in [5.41, 5.74) is 3.15. The molecule has 0 amide bonds. The molecule has 0 spiro atoms. The van der Waals surface area contributed by atoms with Gasteiger partial charge in [0.2, 0.25) is 4.74 Å². The second-order valence-corrected chi connectivity index (χ2v) is 5.80. The summed E-state index contributed by atoms with van der Waals surface area (Å²) in [6.45, 7) is 2.72. The average Bonchev–Trinajstić information content (AvgIpc) is 2.76. The first kappa shape index (κ1) is 12.4. The van der Waals surface area contributed by atoms with E-state index >= 15 is 0 Å². The van der Waals surface area contributed by atoms with Crippen molar-refractivity contribution < 1.29 is 0 Å². The molecule has 0 aliphatic carbocycles. The fourth-order valence-electron chi connectivity index (χ4n) is 2.07. The van der Waals surface area contributed by atoms with Crippen LogP contribution in [0.15, 0.2) is 41.3 Å². The molecular formula is C14H11ClN2OS. The topological polar surface area (TPSA) is 34.9 Å². The monoisotopic (exact) mass is 290 g/mol. The predicted molar refractivity (Wildman–Crippen MR) is 78.3 cm³/mol. The summed E-state index contributed by atoms with van der Waals surface area (Å²) in [7, 11) is 0. The van der Waals surface area contributed by atoms with Gasteiger partial charge in [-0.05, 0) is 30.7 Å². The number of nitrogens with zero attached hydrogens (tertiary/aromatic N) is 2. The Bertz CT molecular complexity index is 745. The van der Waals surface area contributed by atoms with Gasteiger partial charge in [0.05, 0.1) is 10.6 Å². The van der Waals surface area contributed by atoms with Crippen LogP contribution in [0.1, 0.15) is 11.3 Å². The van der Waals surface area contributed by atoms with Crippen LogP contribution in [0.4, 0.5) is 0 Å². The van der Waals surface area contributed by atoms with E-state index in [2.05, 4.69) is 9.55 Å². The lowest BCUT2D eigenvalue weighted by Gasteiger charge is -2.15. The van der Waals surface area contributed by atoms with Gasteiger partial charge in [0.25, 0.3) is 0 Å². The highest BCUT2D eigenvalue weighted by Crippen LogP contribution is 2.26. The third-order valence-corrected chi connectivity index (χ3v) is 4.15. The molecule has 0 fully saturated rings. The van der Waals surface area contributed by atoms with E-state index in [4.69, 9.17) is 11.6 Å². The van der Waals surface area contributed by atoms with E-state index in [1.165, 1.54) is 11.3 Å². The van der Waals surface area contributed by atoms with E-state index in [-0.39, 0.29) is 4.74 Å². The smallest absolute Gasteiger partial charge is 0.235 e. The quantitative estimate of drug-likeness (QED) is 0.678. The first-order valence-corrected chi connectivity index (χ1v) is 7.03. The van der Waals surface area contributed by atoms with Gasteiger partial charge in [-0.2, -0.15) is 0 Å². The lowest BCUT2D eigenvalue weighted by Crippen LogP contribution is -2.07. The molecule has 2 aliphatic rings. The Morgan fingerprint density at radius 2 is 2.16 bits per heavy atom. The number of thiophene rings is 1. The molecule has 0 unspecified atom stereocenters. The van der Waals surface area contributed by atoms with Crippen molar-refractivity contribution in [2.45, 2.75) is 13.5 Å². The molecule has 3 rings (SSSR count). The molecule has 0 saturated carbocycles.